The molecule has 0 aromatic heterocycles. The first-order chi connectivity index (χ1) is 11.5. The minimum atomic E-state index is -1.31. The van der Waals surface area contributed by atoms with Gasteiger partial charge in [-0.15, -0.1) is 0 Å². The van der Waals surface area contributed by atoms with Crippen molar-refractivity contribution in [3.05, 3.63) is 52.0 Å². The molecule has 0 saturated heterocycles. The lowest BCUT2D eigenvalue weighted by atomic mass is 10.2. The number of benzene rings is 2. The summed E-state index contributed by atoms with van der Waals surface area (Å²) in [5, 5.41) is 8.68. The number of aryl methyl sites for hydroxylation is 1. The van der Waals surface area contributed by atoms with E-state index in [1.165, 1.54) is 5.56 Å². The summed E-state index contributed by atoms with van der Waals surface area (Å²) in [6.07, 6.45) is 0.860. The van der Waals surface area contributed by atoms with Crippen LogP contribution in [0.15, 0.2) is 45.8 Å². The summed E-state index contributed by atoms with van der Waals surface area (Å²) in [6, 6.07) is 11.1. The molecule has 0 fully saturated rings. The summed E-state index contributed by atoms with van der Waals surface area (Å²) in [5.74, 6) is -0.536. The first-order valence-electron chi connectivity index (χ1n) is 7.39. The van der Waals surface area contributed by atoms with Gasteiger partial charge in [-0.25, -0.2) is 9.00 Å². The highest BCUT2D eigenvalue weighted by Gasteiger charge is 2.25. The zero-order valence-corrected chi connectivity index (χ0v) is 15.4. The SMILES string of the molecule is Cc1cc(S(=O)N2CCc3cc(Br)ccc32)ccc1OCC(=O)O. The number of anilines is 1. The Morgan fingerprint density at radius 2 is 2.12 bits per heavy atom. The Hall–Kier alpha value is -1.86. The van der Waals surface area contributed by atoms with Gasteiger partial charge in [0, 0.05) is 11.0 Å². The van der Waals surface area contributed by atoms with Gasteiger partial charge in [0.15, 0.2) is 17.6 Å². The van der Waals surface area contributed by atoms with Gasteiger partial charge in [0.05, 0.1) is 10.6 Å². The number of hydrogen-bond acceptors (Lipinski definition) is 3. The van der Waals surface area contributed by atoms with E-state index in [1.54, 1.807) is 18.2 Å². The van der Waals surface area contributed by atoms with E-state index in [1.807, 2.05) is 23.4 Å². The van der Waals surface area contributed by atoms with Crippen LogP contribution in [0.3, 0.4) is 0 Å². The van der Waals surface area contributed by atoms with E-state index < -0.39 is 23.6 Å². The van der Waals surface area contributed by atoms with E-state index >= 15 is 0 Å². The Morgan fingerprint density at radius 1 is 1.33 bits per heavy atom. The minimum absolute atomic E-state index is 0.391. The lowest BCUT2D eigenvalue weighted by Crippen LogP contribution is -2.23. The first-order valence-corrected chi connectivity index (χ1v) is 9.29. The summed E-state index contributed by atoms with van der Waals surface area (Å²) < 4.78 is 21.0. The zero-order valence-electron chi connectivity index (χ0n) is 13.0. The van der Waals surface area contributed by atoms with Crippen molar-refractivity contribution in [2.45, 2.75) is 18.2 Å². The highest BCUT2D eigenvalue weighted by Crippen LogP contribution is 2.33. The summed E-state index contributed by atoms with van der Waals surface area (Å²) in [7, 11) is -1.31. The molecule has 126 valence electrons. The molecular weight excluding hydrogens is 394 g/mol. The molecule has 1 N–H and O–H groups in total. The van der Waals surface area contributed by atoms with Crippen LogP contribution >= 0.6 is 15.9 Å². The molecule has 0 saturated carbocycles. The number of carboxylic acids is 1. The molecule has 0 amide bonds. The standard InChI is InChI=1S/C17H16BrNO4S/c1-11-8-14(3-5-16(11)23-10-17(20)21)24(22)19-7-6-12-9-13(18)2-4-15(12)19/h2-5,8-9H,6-7,10H2,1H3,(H,20,21). The highest BCUT2D eigenvalue weighted by molar-refractivity contribution is 9.10. The third-order valence-corrected chi connectivity index (χ3v) is 5.72. The smallest absolute Gasteiger partial charge is 0.341 e. The molecule has 1 unspecified atom stereocenters. The Labute approximate surface area is 151 Å². The molecule has 0 aliphatic carbocycles. The topological polar surface area (TPSA) is 66.8 Å². The van der Waals surface area contributed by atoms with Gasteiger partial charge in [-0.2, -0.15) is 0 Å². The van der Waals surface area contributed by atoms with E-state index in [9.17, 15) is 9.00 Å². The highest BCUT2D eigenvalue weighted by atomic mass is 79.9. The number of aliphatic carboxylic acids is 1. The number of fused-ring (bicyclic) bond motifs is 1. The Bertz CT molecular complexity index is 824. The van der Waals surface area contributed by atoms with Gasteiger partial charge in [-0.1, -0.05) is 15.9 Å². The maximum absolute atomic E-state index is 12.9. The fourth-order valence-electron chi connectivity index (χ4n) is 2.67. The van der Waals surface area contributed by atoms with E-state index in [4.69, 9.17) is 9.84 Å². The van der Waals surface area contributed by atoms with E-state index in [2.05, 4.69) is 22.0 Å². The van der Waals surface area contributed by atoms with Crippen molar-refractivity contribution in [2.75, 3.05) is 17.5 Å². The molecule has 24 heavy (non-hydrogen) atoms. The maximum Gasteiger partial charge on any atom is 0.341 e. The molecule has 0 spiro atoms. The van der Waals surface area contributed by atoms with Crippen molar-refractivity contribution < 1.29 is 18.8 Å². The van der Waals surface area contributed by atoms with Crippen LogP contribution in [0, 0.1) is 6.92 Å². The fraction of sp³-hybridized carbons (Fsp3) is 0.235. The summed E-state index contributed by atoms with van der Waals surface area (Å²) in [4.78, 5) is 11.3. The molecule has 3 rings (SSSR count). The van der Waals surface area contributed by atoms with Crippen molar-refractivity contribution in [1.82, 2.24) is 0 Å². The average molecular weight is 410 g/mol. The number of carbonyl (C=O) groups is 1. The van der Waals surface area contributed by atoms with Crippen LogP contribution in [0.1, 0.15) is 11.1 Å². The lowest BCUT2D eigenvalue weighted by Gasteiger charge is -2.19. The second-order valence-corrected chi connectivity index (χ2v) is 7.81. The molecule has 7 heteroatoms. The monoisotopic (exact) mass is 409 g/mol. The number of rotatable bonds is 5. The van der Waals surface area contributed by atoms with Crippen molar-refractivity contribution >= 4 is 38.6 Å². The number of ether oxygens (including phenoxy) is 1. The largest absolute Gasteiger partial charge is 0.482 e. The maximum atomic E-state index is 12.9. The van der Waals surface area contributed by atoms with Crippen LogP contribution in [-0.2, 0) is 22.2 Å². The molecule has 2 aromatic carbocycles. The molecular formula is C17H16BrNO4S. The molecule has 1 aliphatic rings. The van der Waals surface area contributed by atoms with Gasteiger partial charge in [-0.05, 0) is 60.9 Å². The Morgan fingerprint density at radius 3 is 2.83 bits per heavy atom. The van der Waals surface area contributed by atoms with Gasteiger partial charge in [0.25, 0.3) is 0 Å². The first kappa shape index (κ1) is 17.0. The second-order valence-electron chi connectivity index (χ2n) is 5.48. The predicted molar refractivity (Wildman–Crippen MR) is 95.9 cm³/mol. The molecule has 2 aromatic rings. The van der Waals surface area contributed by atoms with Crippen molar-refractivity contribution in [3.8, 4) is 5.75 Å². The van der Waals surface area contributed by atoms with Crippen LogP contribution in [0.2, 0.25) is 0 Å². The zero-order chi connectivity index (χ0) is 17.3. The van der Waals surface area contributed by atoms with Gasteiger partial charge >= 0.3 is 5.97 Å². The van der Waals surface area contributed by atoms with Gasteiger partial charge in [0.2, 0.25) is 0 Å². The molecule has 1 atom stereocenters. The van der Waals surface area contributed by atoms with E-state index in [0.29, 0.717) is 17.2 Å². The third-order valence-electron chi connectivity index (χ3n) is 3.79. The Balaban J connectivity index is 1.82. The van der Waals surface area contributed by atoms with Crippen LogP contribution in [-0.4, -0.2) is 28.4 Å². The van der Waals surface area contributed by atoms with Crippen LogP contribution in [0.4, 0.5) is 5.69 Å². The van der Waals surface area contributed by atoms with Crippen LogP contribution < -0.4 is 9.04 Å². The van der Waals surface area contributed by atoms with Crippen molar-refractivity contribution in [3.63, 3.8) is 0 Å². The number of halogens is 1. The summed E-state index contributed by atoms with van der Waals surface area (Å²) in [6.45, 7) is 2.12. The molecule has 5 nitrogen and oxygen atoms in total. The number of hydrogen-bond donors (Lipinski definition) is 1. The van der Waals surface area contributed by atoms with Crippen LogP contribution in [0.25, 0.3) is 0 Å². The van der Waals surface area contributed by atoms with Crippen molar-refractivity contribution in [1.29, 1.82) is 0 Å². The fourth-order valence-corrected chi connectivity index (χ4v) is 4.41. The molecule has 0 radical (unpaired) electrons. The van der Waals surface area contributed by atoms with Gasteiger partial charge in [-0.3, -0.25) is 4.31 Å². The van der Waals surface area contributed by atoms with Gasteiger partial charge in [0.1, 0.15) is 5.75 Å². The average Bonchev–Trinajstić information content (AvgIpc) is 2.95. The van der Waals surface area contributed by atoms with Crippen molar-refractivity contribution in [2.24, 2.45) is 0 Å². The van der Waals surface area contributed by atoms with E-state index in [0.717, 1.165) is 22.1 Å². The minimum Gasteiger partial charge on any atom is -0.482 e. The molecule has 1 aliphatic heterocycles. The number of nitrogens with zero attached hydrogens (tertiary/aromatic N) is 1. The third kappa shape index (κ3) is 3.47. The molecule has 1 heterocycles. The van der Waals surface area contributed by atoms with Crippen LogP contribution in [0.5, 0.6) is 5.75 Å². The quantitative estimate of drug-likeness (QED) is 0.822. The second kappa shape index (κ2) is 6.94. The normalized spacial score (nSPS) is 14.3. The van der Waals surface area contributed by atoms with Gasteiger partial charge < -0.3 is 9.84 Å². The summed E-state index contributed by atoms with van der Waals surface area (Å²) in [5.41, 5.74) is 2.92. The molecule has 0 bridgehead atoms. The lowest BCUT2D eigenvalue weighted by molar-refractivity contribution is -0.139. The Kier molecular flexibility index (Phi) is 4.91. The number of carboxylic acid groups (broad SMARTS) is 1. The van der Waals surface area contributed by atoms with E-state index in [-0.39, 0.29) is 0 Å². The summed E-state index contributed by atoms with van der Waals surface area (Å²) >= 11 is 3.46. The predicted octanol–water partition coefficient (Wildman–Crippen LogP) is 3.31.